The molecule has 1 amide bonds. The van der Waals surface area contributed by atoms with Gasteiger partial charge in [0.2, 0.25) is 5.91 Å². The van der Waals surface area contributed by atoms with E-state index in [-0.39, 0.29) is 11.7 Å². The van der Waals surface area contributed by atoms with Crippen LogP contribution in [-0.4, -0.2) is 43.8 Å². The first kappa shape index (κ1) is 13.4. The standard InChI is InChI=1S/C13H18N2O2/c1-14-13(17)8-9-15(2)10-12(16)11-6-4-3-5-7-11/h3-7H,8-10H2,1-2H3,(H,14,17). The van der Waals surface area contributed by atoms with E-state index in [2.05, 4.69) is 5.32 Å². The molecule has 1 N–H and O–H groups in total. The van der Waals surface area contributed by atoms with Crippen LogP contribution in [0.5, 0.6) is 0 Å². The lowest BCUT2D eigenvalue weighted by Gasteiger charge is -2.14. The van der Waals surface area contributed by atoms with Crippen LogP contribution in [0.25, 0.3) is 0 Å². The molecule has 4 nitrogen and oxygen atoms in total. The molecule has 1 rings (SSSR count). The third-order valence-corrected chi connectivity index (χ3v) is 2.51. The molecule has 17 heavy (non-hydrogen) atoms. The number of ketones is 1. The van der Waals surface area contributed by atoms with Gasteiger partial charge in [0.15, 0.2) is 5.78 Å². The summed E-state index contributed by atoms with van der Waals surface area (Å²) in [7, 11) is 3.45. The van der Waals surface area contributed by atoms with E-state index in [9.17, 15) is 9.59 Å². The van der Waals surface area contributed by atoms with E-state index in [1.807, 2.05) is 30.1 Å². The van der Waals surface area contributed by atoms with Crippen LogP contribution in [0.15, 0.2) is 30.3 Å². The average molecular weight is 234 g/mol. The number of hydrogen-bond donors (Lipinski definition) is 1. The number of Topliss-reactive ketones (excluding diaryl/α,β-unsaturated/α-hetero) is 1. The third-order valence-electron chi connectivity index (χ3n) is 2.51. The summed E-state index contributed by atoms with van der Waals surface area (Å²) < 4.78 is 0. The van der Waals surface area contributed by atoms with E-state index in [0.717, 1.165) is 0 Å². The zero-order valence-electron chi connectivity index (χ0n) is 10.3. The molecular formula is C13H18N2O2. The summed E-state index contributed by atoms with van der Waals surface area (Å²) in [6.07, 6.45) is 0.412. The minimum Gasteiger partial charge on any atom is -0.359 e. The number of nitrogens with zero attached hydrogens (tertiary/aromatic N) is 1. The van der Waals surface area contributed by atoms with E-state index >= 15 is 0 Å². The Morgan fingerprint density at radius 1 is 1.24 bits per heavy atom. The van der Waals surface area contributed by atoms with Crippen LogP contribution in [-0.2, 0) is 4.79 Å². The molecule has 92 valence electrons. The van der Waals surface area contributed by atoms with E-state index in [1.54, 1.807) is 19.2 Å². The quantitative estimate of drug-likeness (QED) is 0.745. The molecule has 0 heterocycles. The van der Waals surface area contributed by atoms with Crippen LogP contribution >= 0.6 is 0 Å². The van der Waals surface area contributed by atoms with Crippen molar-refractivity contribution in [3.8, 4) is 0 Å². The number of likely N-dealkylation sites (N-methyl/N-ethyl adjacent to an activating group) is 1. The average Bonchev–Trinajstić information content (AvgIpc) is 2.36. The van der Waals surface area contributed by atoms with Gasteiger partial charge < -0.3 is 5.32 Å². The second-order valence-corrected chi connectivity index (χ2v) is 3.95. The number of nitrogens with one attached hydrogen (secondary N) is 1. The van der Waals surface area contributed by atoms with E-state index in [0.29, 0.717) is 25.1 Å². The van der Waals surface area contributed by atoms with Crippen LogP contribution in [0, 0.1) is 0 Å². The van der Waals surface area contributed by atoms with E-state index in [4.69, 9.17) is 0 Å². The number of benzene rings is 1. The third kappa shape index (κ3) is 4.78. The van der Waals surface area contributed by atoms with Crippen LogP contribution in [0.4, 0.5) is 0 Å². The molecule has 0 atom stereocenters. The monoisotopic (exact) mass is 234 g/mol. The Morgan fingerprint density at radius 3 is 2.47 bits per heavy atom. The van der Waals surface area contributed by atoms with Crippen molar-refractivity contribution in [2.45, 2.75) is 6.42 Å². The second kappa shape index (κ2) is 6.81. The Hall–Kier alpha value is -1.68. The van der Waals surface area contributed by atoms with Gasteiger partial charge in [0, 0.05) is 25.6 Å². The highest BCUT2D eigenvalue weighted by molar-refractivity contribution is 5.97. The van der Waals surface area contributed by atoms with Crippen LogP contribution in [0.3, 0.4) is 0 Å². The lowest BCUT2D eigenvalue weighted by Crippen LogP contribution is -2.30. The predicted molar refractivity (Wildman–Crippen MR) is 67.0 cm³/mol. The molecule has 1 aromatic carbocycles. The second-order valence-electron chi connectivity index (χ2n) is 3.95. The Bertz CT molecular complexity index is 376. The molecule has 0 saturated carbocycles. The van der Waals surface area contributed by atoms with Gasteiger partial charge in [0.05, 0.1) is 6.54 Å². The number of carbonyl (C=O) groups excluding carboxylic acids is 2. The molecule has 0 aliphatic carbocycles. The molecule has 0 aliphatic rings. The highest BCUT2D eigenvalue weighted by atomic mass is 16.1. The van der Waals surface area contributed by atoms with Gasteiger partial charge in [-0.2, -0.15) is 0 Å². The number of hydrogen-bond acceptors (Lipinski definition) is 3. The van der Waals surface area contributed by atoms with Gasteiger partial charge >= 0.3 is 0 Å². The van der Waals surface area contributed by atoms with Crippen molar-refractivity contribution in [2.75, 3.05) is 27.2 Å². The summed E-state index contributed by atoms with van der Waals surface area (Å²) >= 11 is 0. The van der Waals surface area contributed by atoms with Gasteiger partial charge in [-0.1, -0.05) is 30.3 Å². The van der Waals surface area contributed by atoms with Gasteiger partial charge in [-0.15, -0.1) is 0 Å². The zero-order chi connectivity index (χ0) is 12.7. The van der Waals surface area contributed by atoms with E-state index in [1.165, 1.54) is 0 Å². The molecule has 0 spiro atoms. The van der Waals surface area contributed by atoms with Crippen LogP contribution in [0.2, 0.25) is 0 Å². The van der Waals surface area contributed by atoms with Gasteiger partial charge in [-0.3, -0.25) is 14.5 Å². The predicted octanol–water partition coefficient (Wildman–Crippen LogP) is 0.937. The van der Waals surface area contributed by atoms with Crippen molar-refractivity contribution < 1.29 is 9.59 Å². The summed E-state index contributed by atoms with van der Waals surface area (Å²) in [4.78, 5) is 24.7. The molecule has 0 fully saturated rings. The fourth-order valence-corrected chi connectivity index (χ4v) is 1.46. The van der Waals surface area contributed by atoms with Crippen molar-refractivity contribution in [3.05, 3.63) is 35.9 Å². The fraction of sp³-hybridized carbons (Fsp3) is 0.385. The topological polar surface area (TPSA) is 49.4 Å². The number of amides is 1. The van der Waals surface area contributed by atoms with E-state index < -0.39 is 0 Å². The zero-order valence-corrected chi connectivity index (χ0v) is 10.3. The minimum absolute atomic E-state index is 0.0102. The SMILES string of the molecule is CNC(=O)CCN(C)CC(=O)c1ccccc1. The molecular weight excluding hydrogens is 216 g/mol. The normalized spacial score (nSPS) is 10.3. The number of carbonyl (C=O) groups is 2. The van der Waals surface area contributed by atoms with Gasteiger partial charge in [-0.05, 0) is 7.05 Å². The first-order valence-electron chi connectivity index (χ1n) is 5.61. The summed E-state index contributed by atoms with van der Waals surface area (Å²) in [5.41, 5.74) is 0.708. The molecule has 0 aromatic heterocycles. The molecule has 0 radical (unpaired) electrons. The fourth-order valence-electron chi connectivity index (χ4n) is 1.46. The maximum absolute atomic E-state index is 11.8. The van der Waals surface area contributed by atoms with Crippen molar-refractivity contribution in [2.24, 2.45) is 0 Å². The Balaban J connectivity index is 2.39. The van der Waals surface area contributed by atoms with Gasteiger partial charge in [0.25, 0.3) is 0 Å². The Kier molecular flexibility index (Phi) is 5.36. The molecule has 1 aromatic rings. The summed E-state index contributed by atoms with van der Waals surface area (Å²) in [6.45, 7) is 0.916. The first-order chi connectivity index (χ1) is 8.13. The van der Waals surface area contributed by atoms with Gasteiger partial charge in [-0.25, -0.2) is 0 Å². The Morgan fingerprint density at radius 2 is 1.88 bits per heavy atom. The van der Waals surface area contributed by atoms with Crippen LogP contribution < -0.4 is 5.32 Å². The maximum atomic E-state index is 11.8. The van der Waals surface area contributed by atoms with Crippen molar-refractivity contribution in [1.82, 2.24) is 10.2 Å². The molecule has 0 bridgehead atoms. The smallest absolute Gasteiger partial charge is 0.221 e. The molecule has 4 heteroatoms. The van der Waals surface area contributed by atoms with Crippen molar-refractivity contribution in [3.63, 3.8) is 0 Å². The Labute approximate surface area is 102 Å². The summed E-state index contributed by atoms with van der Waals surface area (Å²) in [6, 6.07) is 9.17. The molecule has 0 unspecified atom stereocenters. The van der Waals surface area contributed by atoms with Crippen molar-refractivity contribution in [1.29, 1.82) is 0 Å². The molecule has 0 aliphatic heterocycles. The number of rotatable bonds is 6. The summed E-state index contributed by atoms with van der Waals surface area (Å²) in [5, 5.41) is 2.55. The maximum Gasteiger partial charge on any atom is 0.221 e. The summed E-state index contributed by atoms with van der Waals surface area (Å²) in [5.74, 6) is 0.0639. The van der Waals surface area contributed by atoms with Gasteiger partial charge in [0.1, 0.15) is 0 Å². The lowest BCUT2D eigenvalue weighted by atomic mass is 10.1. The lowest BCUT2D eigenvalue weighted by molar-refractivity contribution is -0.120. The minimum atomic E-state index is -0.0102. The van der Waals surface area contributed by atoms with Crippen molar-refractivity contribution >= 4 is 11.7 Å². The highest BCUT2D eigenvalue weighted by Crippen LogP contribution is 2.01. The molecule has 0 saturated heterocycles. The highest BCUT2D eigenvalue weighted by Gasteiger charge is 2.09. The first-order valence-corrected chi connectivity index (χ1v) is 5.61. The largest absolute Gasteiger partial charge is 0.359 e. The van der Waals surface area contributed by atoms with Crippen LogP contribution in [0.1, 0.15) is 16.8 Å².